The van der Waals surface area contributed by atoms with Gasteiger partial charge < -0.3 is 15.3 Å². The first-order valence-electron chi connectivity index (χ1n) is 8.73. The van der Waals surface area contributed by atoms with Crippen LogP contribution in [0.5, 0.6) is 0 Å². The molecule has 0 aromatic rings. The lowest BCUT2D eigenvalue weighted by Crippen LogP contribution is -2.60. The molecule has 1 aliphatic heterocycles. The summed E-state index contributed by atoms with van der Waals surface area (Å²) >= 11 is 0. The van der Waals surface area contributed by atoms with Crippen molar-refractivity contribution in [2.45, 2.75) is 56.6 Å². The molecule has 5 fully saturated rings. The van der Waals surface area contributed by atoms with E-state index in [2.05, 4.69) is 17.3 Å². The van der Waals surface area contributed by atoms with Gasteiger partial charge in [-0.1, -0.05) is 0 Å². The fraction of sp³-hybridized carbons (Fsp3) is 1.00. The first-order valence-corrected chi connectivity index (χ1v) is 8.73. The third-order valence-electron chi connectivity index (χ3n) is 6.67. The van der Waals surface area contributed by atoms with Crippen LogP contribution in [0, 0.1) is 23.7 Å². The Morgan fingerprint density at radius 1 is 1.10 bits per heavy atom. The summed E-state index contributed by atoms with van der Waals surface area (Å²) in [6, 6.07) is 0. The number of piperidine rings is 1. The molecule has 0 aromatic carbocycles. The highest BCUT2D eigenvalue weighted by atomic mass is 16.3. The Morgan fingerprint density at radius 3 is 2.30 bits per heavy atom. The third kappa shape index (κ3) is 2.42. The van der Waals surface area contributed by atoms with Crippen LogP contribution in [0.25, 0.3) is 0 Å². The van der Waals surface area contributed by atoms with Crippen LogP contribution < -0.4 is 5.32 Å². The molecule has 2 N–H and O–H groups in total. The van der Waals surface area contributed by atoms with Crippen molar-refractivity contribution in [1.29, 1.82) is 0 Å². The molecule has 0 spiro atoms. The Morgan fingerprint density at radius 2 is 1.70 bits per heavy atom. The van der Waals surface area contributed by atoms with Crippen molar-refractivity contribution in [3.63, 3.8) is 0 Å². The number of hydrogen-bond donors (Lipinski definition) is 2. The fourth-order valence-electron chi connectivity index (χ4n) is 6.08. The van der Waals surface area contributed by atoms with Crippen molar-refractivity contribution >= 4 is 0 Å². The minimum Gasteiger partial charge on any atom is -0.393 e. The van der Waals surface area contributed by atoms with E-state index in [-0.39, 0.29) is 6.10 Å². The summed E-state index contributed by atoms with van der Waals surface area (Å²) in [6.07, 6.45) is 9.63. The summed E-state index contributed by atoms with van der Waals surface area (Å²) in [5, 5.41) is 14.2. The number of likely N-dealkylation sites (tertiary alicyclic amines) is 1. The Balaban J connectivity index is 1.39. The molecule has 4 saturated carbocycles. The van der Waals surface area contributed by atoms with E-state index in [0.29, 0.717) is 11.5 Å². The van der Waals surface area contributed by atoms with Crippen LogP contribution in [-0.2, 0) is 0 Å². The van der Waals surface area contributed by atoms with Crippen LogP contribution >= 0.6 is 0 Å². The maximum atomic E-state index is 10.2. The lowest BCUT2D eigenvalue weighted by atomic mass is 9.53. The number of nitrogens with one attached hydrogen (secondary N) is 1. The van der Waals surface area contributed by atoms with Crippen LogP contribution in [0.3, 0.4) is 0 Å². The van der Waals surface area contributed by atoms with Gasteiger partial charge in [-0.15, -0.1) is 0 Å². The highest BCUT2D eigenvalue weighted by Crippen LogP contribution is 2.55. The van der Waals surface area contributed by atoms with Crippen molar-refractivity contribution in [3.8, 4) is 0 Å². The maximum absolute atomic E-state index is 10.2. The molecule has 20 heavy (non-hydrogen) atoms. The molecule has 4 bridgehead atoms. The molecule has 5 aliphatic rings. The molecule has 4 aliphatic carbocycles. The fourth-order valence-corrected chi connectivity index (χ4v) is 6.08. The average Bonchev–Trinajstić information content (AvgIpc) is 2.38. The summed E-state index contributed by atoms with van der Waals surface area (Å²) < 4.78 is 0. The van der Waals surface area contributed by atoms with Crippen molar-refractivity contribution in [2.24, 2.45) is 23.7 Å². The second-order valence-electron chi connectivity index (χ2n) is 8.46. The van der Waals surface area contributed by atoms with Gasteiger partial charge in [0.25, 0.3) is 0 Å². The summed E-state index contributed by atoms with van der Waals surface area (Å²) in [7, 11) is 2.18. The number of rotatable bonds is 3. The standard InChI is InChI=1S/C17H30N2O/c1-19-3-2-16(20)15(11-19)10-18-17-7-12-4-13(8-17)6-14(5-12)9-17/h12-16,18,20H,2-11H2,1H3/t12?,13?,14?,15?,16-,17?/m1/s1. The van der Waals surface area contributed by atoms with Gasteiger partial charge in [-0.25, -0.2) is 0 Å². The smallest absolute Gasteiger partial charge is 0.0605 e. The molecule has 1 saturated heterocycles. The van der Waals surface area contributed by atoms with E-state index in [0.717, 1.165) is 43.8 Å². The predicted octanol–water partition coefficient (Wildman–Crippen LogP) is 1.86. The third-order valence-corrected chi connectivity index (χ3v) is 6.67. The zero-order valence-corrected chi connectivity index (χ0v) is 12.9. The van der Waals surface area contributed by atoms with Crippen molar-refractivity contribution in [2.75, 3.05) is 26.7 Å². The highest BCUT2D eigenvalue weighted by Gasteiger charge is 2.50. The zero-order chi connectivity index (χ0) is 13.7. The van der Waals surface area contributed by atoms with Crippen molar-refractivity contribution in [1.82, 2.24) is 10.2 Å². The first kappa shape index (κ1) is 13.5. The quantitative estimate of drug-likeness (QED) is 0.827. The Bertz CT molecular complexity index is 335. The number of hydrogen-bond acceptors (Lipinski definition) is 3. The molecule has 3 heteroatoms. The lowest BCUT2D eigenvalue weighted by molar-refractivity contribution is -0.0297. The second kappa shape index (κ2) is 4.96. The SMILES string of the molecule is CN1CC[C@@H](O)C(CNC23CC4CC(CC(C4)C2)C3)C1. The van der Waals surface area contributed by atoms with Gasteiger partial charge in [0.15, 0.2) is 0 Å². The zero-order valence-electron chi connectivity index (χ0n) is 12.9. The van der Waals surface area contributed by atoms with Crippen LogP contribution in [0.2, 0.25) is 0 Å². The van der Waals surface area contributed by atoms with E-state index >= 15 is 0 Å². The van der Waals surface area contributed by atoms with E-state index < -0.39 is 0 Å². The molecule has 114 valence electrons. The Labute approximate surface area is 123 Å². The van der Waals surface area contributed by atoms with Crippen molar-refractivity contribution < 1.29 is 5.11 Å². The molecule has 0 amide bonds. The average molecular weight is 278 g/mol. The predicted molar refractivity (Wildman–Crippen MR) is 80.5 cm³/mol. The van der Waals surface area contributed by atoms with Crippen LogP contribution in [-0.4, -0.2) is 48.3 Å². The molecule has 1 unspecified atom stereocenters. The van der Waals surface area contributed by atoms with Gasteiger partial charge in [0.05, 0.1) is 6.10 Å². The molecular formula is C17H30N2O. The molecule has 2 atom stereocenters. The molecule has 3 nitrogen and oxygen atoms in total. The van der Waals surface area contributed by atoms with Crippen LogP contribution in [0.1, 0.15) is 44.9 Å². The van der Waals surface area contributed by atoms with Gasteiger partial charge in [-0.2, -0.15) is 0 Å². The minimum absolute atomic E-state index is 0.0902. The topological polar surface area (TPSA) is 35.5 Å². The number of nitrogens with zero attached hydrogens (tertiary/aromatic N) is 1. The summed E-state index contributed by atoms with van der Waals surface area (Å²) in [5.41, 5.74) is 0.449. The van der Waals surface area contributed by atoms with Gasteiger partial charge in [-0.3, -0.25) is 0 Å². The molecule has 0 radical (unpaired) electrons. The summed E-state index contributed by atoms with van der Waals surface area (Å²) in [5.74, 6) is 3.45. The molecule has 5 rings (SSSR count). The largest absolute Gasteiger partial charge is 0.393 e. The normalized spacial score (nSPS) is 51.6. The first-order chi connectivity index (χ1) is 9.62. The van der Waals surface area contributed by atoms with Gasteiger partial charge in [-0.05, 0) is 69.7 Å². The second-order valence-corrected chi connectivity index (χ2v) is 8.46. The Kier molecular flexibility index (Phi) is 3.36. The van der Waals surface area contributed by atoms with Gasteiger partial charge >= 0.3 is 0 Å². The molecular weight excluding hydrogens is 248 g/mol. The van der Waals surface area contributed by atoms with Gasteiger partial charge in [0.1, 0.15) is 0 Å². The summed E-state index contributed by atoms with van der Waals surface area (Å²) in [6.45, 7) is 3.13. The van der Waals surface area contributed by atoms with Crippen molar-refractivity contribution in [3.05, 3.63) is 0 Å². The van der Waals surface area contributed by atoms with E-state index in [1.807, 2.05) is 0 Å². The van der Waals surface area contributed by atoms with E-state index in [1.165, 1.54) is 38.5 Å². The number of aliphatic hydroxyl groups is 1. The minimum atomic E-state index is -0.0902. The lowest BCUT2D eigenvalue weighted by Gasteiger charge is -2.57. The highest BCUT2D eigenvalue weighted by molar-refractivity contribution is 5.06. The Hall–Kier alpha value is -0.120. The molecule has 1 heterocycles. The van der Waals surface area contributed by atoms with Gasteiger partial charge in [0, 0.05) is 31.1 Å². The van der Waals surface area contributed by atoms with E-state index in [1.54, 1.807) is 0 Å². The monoisotopic (exact) mass is 278 g/mol. The van der Waals surface area contributed by atoms with E-state index in [9.17, 15) is 5.11 Å². The van der Waals surface area contributed by atoms with Crippen LogP contribution in [0.15, 0.2) is 0 Å². The molecule has 0 aromatic heterocycles. The van der Waals surface area contributed by atoms with Crippen LogP contribution in [0.4, 0.5) is 0 Å². The van der Waals surface area contributed by atoms with E-state index in [4.69, 9.17) is 0 Å². The summed E-state index contributed by atoms with van der Waals surface area (Å²) in [4.78, 5) is 2.37. The maximum Gasteiger partial charge on any atom is 0.0605 e. The van der Waals surface area contributed by atoms with Gasteiger partial charge in [0.2, 0.25) is 0 Å². The number of aliphatic hydroxyl groups excluding tert-OH is 1.